The minimum atomic E-state index is -0.839. The van der Waals surface area contributed by atoms with E-state index in [1.807, 2.05) is 30.3 Å². The summed E-state index contributed by atoms with van der Waals surface area (Å²) < 4.78 is 26.5. The first-order valence-corrected chi connectivity index (χ1v) is 7.60. The van der Waals surface area contributed by atoms with Gasteiger partial charge in [-0.05, 0) is 17.7 Å². The Morgan fingerprint density at radius 2 is 1.92 bits per heavy atom. The summed E-state index contributed by atoms with van der Waals surface area (Å²) in [4.78, 5) is 25.9. The van der Waals surface area contributed by atoms with Gasteiger partial charge in [-0.1, -0.05) is 30.3 Å². The number of carbonyl (C=O) groups is 2. The number of hydrogen-bond donors (Lipinski definition) is 1. The molecule has 1 N–H and O–H groups in total. The largest absolute Gasteiger partial charge is 0.338 e. The molecule has 0 saturated carbocycles. The van der Waals surface area contributed by atoms with Crippen molar-refractivity contribution in [3.8, 4) is 0 Å². The molecule has 24 heavy (non-hydrogen) atoms. The molecule has 124 valence electrons. The standard InChI is InChI=1S/C18H16F2N2O2/c19-14-6-7-16(15(20)9-14)21-18(24)13-8-17(23)22(11-13)10-12-4-2-1-3-5-12/h1-7,9,13H,8,10-11H2,(H,21,24). The second-order valence-electron chi connectivity index (χ2n) is 5.77. The van der Waals surface area contributed by atoms with Crippen LogP contribution in [0, 0.1) is 17.6 Å². The number of rotatable bonds is 4. The highest BCUT2D eigenvalue weighted by Gasteiger charge is 2.34. The number of carbonyl (C=O) groups excluding carboxylic acids is 2. The SMILES string of the molecule is O=C(Nc1ccc(F)cc1F)C1CC(=O)N(Cc2ccccc2)C1. The van der Waals surface area contributed by atoms with Crippen molar-refractivity contribution in [1.29, 1.82) is 0 Å². The van der Waals surface area contributed by atoms with Crippen LogP contribution in [0.2, 0.25) is 0 Å². The summed E-state index contributed by atoms with van der Waals surface area (Å²) >= 11 is 0. The minimum Gasteiger partial charge on any atom is -0.338 e. The Kier molecular flexibility index (Phi) is 4.55. The number of hydrogen-bond acceptors (Lipinski definition) is 2. The molecule has 1 atom stereocenters. The second kappa shape index (κ2) is 6.78. The molecule has 4 nitrogen and oxygen atoms in total. The number of amides is 2. The predicted octanol–water partition coefficient (Wildman–Crippen LogP) is 2.95. The smallest absolute Gasteiger partial charge is 0.229 e. The Labute approximate surface area is 138 Å². The number of anilines is 1. The molecule has 1 saturated heterocycles. The fourth-order valence-electron chi connectivity index (χ4n) is 2.73. The van der Waals surface area contributed by atoms with E-state index in [9.17, 15) is 18.4 Å². The van der Waals surface area contributed by atoms with Gasteiger partial charge in [-0.2, -0.15) is 0 Å². The Morgan fingerprint density at radius 1 is 1.17 bits per heavy atom. The Morgan fingerprint density at radius 3 is 2.62 bits per heavy atom. The average Bonchev–Trinajstić information content (AvgIpc) is 2.92. The van der Waals surface area contributed by atoms with Crippen LogP contribution in [0.4, 0.5) is 14.5 Å². The zero-order valence-corrected chi connectivity index (χ0v) is 12.8. The fourth-order valence-corrected chi connectivity index (χ4v) is 2.73. The van der Waals surface area contributed by atoms with Crippen LogP contribution in [-0.2, 0) is 16.1 Å². The van der Waals surface area contributed by atoms with E-state index in [0.717, 1.165) is 11.6 Å². The highest BCUT2D eigenvalue weighted by atomic mass is 19.1. The Bertz CT molecular complexity index is 765. The van der Waals surface area contributed by atoms with Gasteiger partial charge >= 0.3 is 0 Å². The molecule has 1 aliphatic rings. The molecule has 1 aliphatic heterocycles. The van der Waals surface area contributed by atoms with E-state index in [2.05, 4.69) is 5.32 Å². The van der Waals surface area contributed by atoms with Crippen LogP contribution < -0.4 is 5.32 Å². The van der Waals surface area contributed by atoms with E-state index >= 15 is 0 Å². The first-order valence-electron chi connectivity index (χ1n) is 7.60. The van der Waals surface area contributed by atoms with Crippen LogP contribution in [0.3, 0.4) is 0 Å². The highest BCUT2D eigenvalue weighted by Crippen LogP contribution is 2.23. The lowest BCUT2D eigenvalue weighted by atomic mass is 10.1. The summed E-state index contributed by atoms with van der Waals surface area (Å²) in [6.45, 7) is 0.719. The minimum absolute atomic E-state index is 0.0848. The van der Waals surface area contributed by atoms with Crippen molar-refractivity contribution < 1.29 is 18.4 Å². The topological polar surface area (TPSA) is 49.4 Å². The first kappa shape index (κ1) is 16.1. The molecule has 2 amide bonds. The van der Waals surface area contributed by atoms with Crippen LogP contribution in [0.1, 0.15) is 12.0 Å². The summed E-state index contributed by atoms with van der Waals surface area (Å²) in [6, 6.07) is 12.4. The van der Waals surface area contributed by atoms with Crippen molar-refractivity contribution in [2.24, 2.45) is 5.92 Å². The van der Waals surface area contributed by atoms with Crippen molar-refractivity contribution in [3.05, 3.63) is 65.7 Å². The third kappa shape index (κ3) is 3.59. The summed E-state index contributed by atoms with van der Waals surface area (Å²) in [5.74, 6) is -2.65. The quantitative estimate of drug-likeness (QED) is 0.937. The lowest BCUT2D eigenvalue weighted by molar-refractivity contribution is -0.128. The van der Waals surface area contributed by atoms with Gasteiger partial charge in [-0.3, -0.25) is 9.59 Å². The molecule has 2 aromatic rings. The van der Waals surface area contributed by atoms with E-state index < -0.39 is 23.5 Å². The molecular weight excluding hydrogens is 314 g/mol. The summed E-state index contributed by atoms with van der Waals surface area (Å²) in [5.41, 5.74) is 0.895. The van der Waals surface area contributed by atoms with E-state index in [4.69, 9.17) is 0 Å². The van der Waals surface area contributed by atoms with Crippen molar-refractivity contribution >= 4 is 17.5 Å². The number of nitrogens with one attached hydrogen (secondary N) is 1. The van der Waals surface area contributed by atoms with E-state index in [1.54, 1.807) is 4.90 Å². The maximum Gasteiger partial charge on any atom is 0.229 e. The number of halogens is 2. The van der Waals surface area contributed by atoms with Crippen molar-refractivity contribution in [2.75, 3.05) is 11.9 Å². The molecule has 0 aromatic heterocycles. The number of benzene rings is 2. The van der Waals surface area contributed by atoms with Crippen LogP contribution in [-0.4, -0.2) is 23.3 Å². The molecule has 3 rings (SSSR count). The van der Waals surface area contributed by atoms with Gasteiger partial charge in [0.1, 0.15) is 11.6 Å². The molecule has 6 heteroatoms. The zero-order chi connectivity index (χ0) is 17.1. The third-order valence-electron chi connectivity index (χ3n) is 3.99. The zero-order valence-electron chi connectivity index (χ0n) is 12.8. The van der Waals surface area contributed by atoms with Gasteiger partial charge in [-0.25, -0.2) is 8.78 Å². The van der Waals surface area contributed by atoms with Gasteiger partial charge in [-0.15, -0.1) is 0 Å². The molecule has 1 unspecified atom stereocenters. The van der Waals surface area contributed by atoms with Crippen LogP contribution in [0.25, 0.3) is 0 Å². The van der Waals surface area contributed by atoms with E-state index in [0.29, 0.717) is 12.6 Å². The Balaban J connectivity index is 1.63. The Hall–Kier alpha value is -2.76. The lowest BCUT2D eigenvalue weighted by Gasteiger charge is -2.16. The van der Waals surface area contributed by atoms with Gasteiger partial charge in [0.2, 0.25) is 11.8 Å². The monoisotopic (exact) mass is 330 g/mol. The van der Waals surface area contributed by atoms with Gasteiger partial charge in [0.25, 0.3) is 0 Å². The van der Waals surface area contributed by atoms with Gasteiger partial charge < -0.3 is 10.2 Å². The van der Waals surface area contributed by atoms with Gasteiger partial charge in [0.15, 0.2) is 0 Å². The molecule has 2 aromatic carbocycles. The predicted molar refractivity (Wildman–Crippen MR) is 85.0 cm³/mol. The molecule has 0 radical (unpaired) electrons. The van der Waals surface area contributed by atoms with Crippen LogP contribution in [0.15, 0.2) is 48.5 Å². The second-order valence-corrected chi connectivity index (χ2v) is 5.77. The average molecular weight is 330 g/mol. The molecular formula is C18H16F2N2O2. The summed E-state index contributed by atoms with van der Waals surface area (Å²) in [6.07, 6.45) is 0.0848. The van der Waals surface area contributed by atoms with Crippen molar-refractivity contribution in [3.63, 3.8) is 0 Å². The molecule has 1 heterocycles. The number of nitrogens with zero attached hydrogens (tertiary/aromatic N) is 1. The van der Waals surface area contributed by atoms with E-state index in [-0.39, 0.29) is 24.6 Å². The van der Waals surface area contributed by atoms with Crippen molar-refractivity contribution in [2.45, 2.75) is 13.0 Å². The van der Waals surface area contributed by atoms with Gasteiger partial charge in [0, 0.05) is 25.6 Å². The number of likely N-dealkylation sites (tertiary alicyclic amines) is 1. The van der Waals surface area contributed by atoms with Crippen LogP contribution in [0.5, 0.6) is 0 Å². The summed E-state index contributed by atoms with van der Waals surface area (Å²) in [7, 11) is 0. The summed E-state index contributed by atoms with van der Waals surface area (Å²) in [5, 5.41) is 2.42. The maximum atomic E-state index is 13.6. The van der Waals surface area contributed by atoms with Gasteiger partial charge in [0.05, 0.1) is 11.6 Å². The molecule has 0 bridgehead atoms. The normalized spacial score (nSPS) is 17.2. The third-order valence-corrected chi connectivity index (χ3v) is 3.99. The molecule has 1 fully saturated rings. The van der Waals surface area contributed by atoms with Crippen molar-refractivity contribution in [1.82, 2.24) is 4.90 Å². The fraction of sp³-hybridized carbons (Fsp3) is 0.222. The van der Waals surface area contributed by atoms with Crippen LogP contribution >= 0.6 is 0 Å². The highest BCUT2D eigenvalue weighted by molar-refractivity contribution is 5.97. The first-order chi connectivity index (χ1) is 11.5. The van der Waals surface area contributed by atoms with E-state index in [1.165, 1.54) is 6.07 Å². The molecule has 0 aliphatic carbocycles. The maximum absolute atomic E-state index is 13.6. The molecule has 0 spiro atoms. The lowest BCUT2D eigenvalue weighted by Crippen LogP contribution is -2.28.